The molecule has 4 nitrogen and oxygen atoms in total. The SMILES string of the molecule is CCOC(=O)c1ccc(Oc2ccc3c(c2)CO[B]3)c(F)c1. The third-order valence-electron chi connectivity index (χ3n) is 3.23. The van der Waals surface area contributed by atoms with E-state index in [9.17, 15) is 9.18 Å². The highest BCUT2D eigenvalue weighted by molar-refractivity contribution is 6.48. The molecule has 0 saturated carbocycles. The number of ether oxygens (including phenoxy) is 2. The first-order valence-electron chi connectivity index (χ1n) is 6.89. The lowest BCUT2D eigenvalue weighted by Crippen LogP contribution is -2.10. The molecule has 0 unspecified atom stereocenters. The van der Waals surface area contributed by atoms with Gasteiger partial charge in [0, 0.05) is 0 Å². The molecular formula is C16H13BFO4. The lowest BCUT2D eigenvalue weighted by atomic mass is 9.87. The van der Waals surface area contributed by atoms with E-state index in [1.807, 2.05) is 6.07 Å². The molecule has 0 saturated heterocycles. The van der Waals surface area contributed by atoms with Crippen molar-refractivity contribution >= 4 is 18.9 Å². The largest absolute Gasteiger partial charge is 0.462 e. The number of rotatable bonds is 4. The van der Waals surface area contributed by atoms with E-state index in [2.05, 4.69) is 0 Å². The van der Waals surface area contributed by atoms with E-state index in [1.165, 1.54) is 12.1 Å². The van der Waals surface area contributed by atoms with E-state index in [-0.39, 0.29) is 17.9 Å². The van der Waals surface area contributed by atoms with E-state index < -0.39 is 11.8 Å². The Kier molecular flexibility index (Phi) is 4.11. The predicted octanol–water partition coefficient (Wildman–Crippen LogP) is 2.57. The summed E-state index contributed by atoms with van der Waals surface area (Å²) in [7, 11) is 1.67. The average molecular weight is 299 g/mol. The van der Waals surface area contributed by atoms with Gasteiger partial charge in [-0.2, -0.15) is 0 Å². The minimum atomic E-state index is -0.617. The van der Waals surface area contributed by atoms with Crippen LogP contribution in [0.4, 0.5) is 4.39 Å². The fraction of sp³-hybridized carbons (Fsp3) is 0.188. The standard InChI is InChI=1S/C16H13BFO4/c1-2-20-16(19)10-3-6-15(14(18)8-10)22-12-4-5-13-11(7-12)9-21-17-13/h3-8H,2,9H2,1H3. The quantitative estimate of drug-likeness (QED) is 0.643. The monoisotopic (exact) mass is 299 g/mol. The molecule has 22 heavy (non-hydrogen) atoms. The maximum absolute atomic E-state index is 14.0. The van der Waals surface area contributed by atoms with Crippen molar-refractivity contribution < 1.29 is 23.3 Å². The fourth-order valence-corrected chi connectivity index (χ4v) is 2.16. The van der Waals surface area contributed by atoms with Gasteiger partial charge in [0.2, 0.25) is 0 Å². The molecule has 6 heteroatoms. The predicted molar refractivity (Wildman–Crippen MR) is 79.0 cm³/mol. The molecule has 111 valence electrons. The lowest BCUT2D eigenvalue weighted by molar-refractivity contribution is 0.0525. The molecule has 3 rings (SSSR count). The number of carbonyl (C=O) groups excluding carboxylic acids is 1. The Balaban J connectivity index is 1.79. The van der Waals surface area contributed by atoms with Crippen molar-refractivity contribution in [3.05, 3.63) is 53.3 Å². The van der Waals surface area contributed by atoms with Crippen LogP contribution in [0.2, 0.25) is 0 Å². The molecular weight excluding hydrogens is 286 g/mol. The van der Waals surface area contributed by atoms with Gasteiger partial charge in [0.25, 0.3) is 0 Å². The summed E-state index contributed by atoms with van der Waals surface area (Å²) in [6.07, 6.45) is 0. The summed E-state index contributed by atoms with van der Waals surface area (Å²) in [5.41, 5.74) is 2.13. The topological polar surface area (TPSA) is 44.8 Å². The number of carbonyl (C=O) groups is 1. The molecule has 1 heterocycles. The molecule has 0 aromatic heterocycles. The van der Waals surface area contributed by atoms with Crippen LogP contribution < -0.4 is 10.2 Å². The molecule has 0 aliphatic carbocycles. The highest BCUT2D eigenvalue weighted by Gasteiger charge is 2.15. The summed E-state index contributed by atoms with van der Waals surface area (Å²) in [4.78, 5) is 11.5. The number of fused-ring (bicyclic) bond motifs is 1. The Morgan fingerprint density at radius 3 is 2.95 bits per heavy atom. The van der Waals surface area contributed by atoms with E-state index in [0.29, 0.717) is 12.4 Å². The average Bonchev–Trinajstić information content (AvgIpc) is 2.97. The Labute approximate surface area is 128 Å². The van der Waals surface area contributed by atoms with Crippen molar-refractivity contribution in [1.82, 2.24) is 0 Å². The van der Waals surface area contributed by atoms with Crippen molar-refractivity contribution in [3.63, 3.8) is 0 Å². The van der Waals surface area contributed by atoms with Gasteiger partial charge in [-0.05, 0) is 48.3 Å². The maximum atomic E-state index is 14.0. The molecule has 0 atom stereocenters. The van der Waals surface area contributed by atoms with Crippen LogP contribution in [-0.2, 0) is 16.0 Å². The van der Waals surface area contributed by atoms with Gasteiger partial charge in [-0.15, -0.1) is 0 Å². The Morgan fingerprint density at radius 1 is 1.32 bits per heavy atom. The van der Waals surface area contributed by atoms with Crippen molar-refractivity contribution in [2.75, 3.05) is 6.61 Å². The van der Waals surface area contributed by atoms with Gasteiger partial charge < -0.3 is 14.1 Å². The van der Waals surface area contributed by atoms with Gasteiger partial charge >= 0.3 is 13.5 Å². The second-order valence-corrected chi connectivity index (χ2v) is 4.76. The molecule has 0 N–H and O–H groups in total. The summed E-state index contributed by atoms with van der Waals surface area (Å²) in [5, 5.41) is 0. The van der Waals surface area contributed by atoms with Crippen LogP contribution >= 0.6 is 0 Å². The van der Waals surface area contributed by atoms with Gasteiger partial charge in [-0.1, -0.05) is 6.07 Å². The highest BCUT2D eigenvalue weighted by atomic mass is 19.1. The van der Waals surface area contributed by atoms with Gasteiger partial charge in [-0.3, -0.25) is 0 Å². The van der Waals surface area contributed by atoms with Crippen molar-refractivity contribution in [3.8, 4) is 11.5 Å². The van der Waals surface area contributed by atoms with Crippen LogP contribution in [0.3, 0.4) is 0 Å². The fourth-order valence-electron chi connectivity index (χ4n) is 2.16. The van der Waals surface area contributed by atoms with Crippen molar-refractivity contribution in [2.45, 2.75) is 13.5 Å². The Hall–Kier alpha value is -2.34. The molecule has 0 spiro atoms. The second kappa shape index (κ2) is 6.19. The zero-order valence-corrected chi connectivity index (χ0v) is 12.0. The molecule has 0 bridgehead atoms. The lowest BCUT2D eigenvalue weighted by Gasteiger charge is -2.09. The third kappa shape index (κ3) is 2.97. The van der Waals surface area contributed by atoms with Gasteiger partial charge in [0.15, 0.2) is 11.6 Å². The minimum absolute atomic E-state index is 0.0518. The number of hydrogen-bond acceptors (Lipinski definition) is 4. The van der Waals surface area contributed by atoms with E-state index >= 15 is 0 Å². The first-order valence-corrected chi connectivity index (χ1v) is 6.89. The van der Waals surface area contributed by atoms with Crippen LogP contribution in [0.15, 0.2) is 36.4 Å². The Morgan fingerprint density at radius 2 is 2.18 bits per heavy atom. The molecule has 1 aliphatic rings. The molecule has 1 aliphatic heterocycles. The molecule has 2 aromatic carbocycles. The summed E-state index contributed by atoms with van der Waals surface area (Å²) in [5.74, 6) is -0.608. The van der Waals surface area contributed by atoms with Crippen LogP contribution in [-0.4, -0.2) is 20.1 Å². The number of esters is 1. The molecule has 1 radical (unpaired) electrons. The summed E-state index contributed by atoms with van der Waals surface area (Å²) >= 11 is 0. The van der Waals surface area contributed by atoms with E-state index in [0.717, 1.165) is 17.1 Å². The molecule has 0 amide bonds. The van der Waals surface area contributed by atoms with Crippen LogP contribution in [0, 0.1) is 5.82 Å². The number of halogens is 1. The smallest absolute Gasteiger partial charge is 0.338 e. The molecule has 2 aromatic rings. The number of benzene rings is 2. The number of hydrogen-bond donors (Lipinski definition) is 0. The van der Waals surface area contributed by atoms with Gasteiger partial charge in [0.1, 0.15) is 5.75 Å². The Bertz CT molecular complexity index is 717. The maximum Gasteiger partial charge on any atom is 0.338 e. The van der Waals surface area contributed by atoms with Crippen molar-refractivity contribution in [2.24, 2.45) is 0 Å². The second-order valence-electron chi connectivity index (χ2n) is 4.76. The van der Waals surface area contributed by atoms with Crippen LogP contribution in [0.5, 0.6) is 11.5 Å². The van der Waals surface area contributed by atoms with Crippen LogP contribution in [0.1, 0.15) is 22.8 Å². The summed E-state index contributed by atoms with van der Waals surface area (Å²) in [6, 6.07) is 9.39. The minimum Gasteiger partial charge on any atom is -0.462 e. The normalized spacial score (nSPS) is 12.5. The zero-order chi connectivity index (χ0) is 15.5. The first kappa shape index (κ1) is 14.6. The van der Waals surface area contributed by atoms with Crippen LogP contribution in [0.25, 0.3) is 0 Å². The van der Waals surface area contributed by atoms with E-state index in [1.54, 1.807) is 26.5 Å². The van der Waals surface area contributed by atoms with Crippen molar-refractivity contribution in [1.29, 1.82) is 0 Å². The molecule has 0 fully saturated rings. The van der Waals surface area contributed by atoms with Gasteiger partial charge in [-0.25, -0.2) is 9.18 Å². The highest BCUT2D eigenvalue weighted by Crippen LogP contribution is 2.26. The first-order chi connectivity index (χ1) is 10.7. The summed E-state index contributed by atoms with van der Waals surface area (Å²) < 4.78 is 29.6. The van der Waals surface area contributed by atoms with Gasteiger partial charge in [0.05, 0.1) is 18.8 Å². The summed E-state index contributed by atoms with van der Waals surface area (Å²) in [6.45, 7) is 2.42. The van der Waals surface area contributed by atoms with E-state index in [4.69, 9.17) is 14.1 Å². The third-order valence-corrected chi connectivity index (χ3v) is 3.23. The zero-order valence-electron chi connectivity index (χ0n) is 12.0.